The van der Waals surface area contributed by atoms with Crippen molar-refractivity contribution in [2.24, 2.45) is 0 Å². The number of aromatic nitrogens is 1. The average molecular weight is 257 g/mol. The minimum absolute atomic E-state index is 0.0770. The maximum absolute atomic E-state index is 10.9. The first-order valence-corrected chi connectivity index (χ1v) is 6.80. The van der Waals surface area contributed by atoms with Crippen molar-refractivity contribution >= 4 is 10.9 Å². The van der Waals surface area contributed by atoms with Gasteiger partial charge in [0.25, 0.3) is 0 Å². The number of nitrogens with zero attached hydrogens (tertiary/aromatic N) is 1. The summed E-state index contributed by atoms with van der Waals surface area (Å²) < 4.78 is 5.71. The standard InChI is InChI=1S/C16H19NO2/c1-11-9-16(18,10-12(2)19-11)14-6-5-13-4-3-7-17-15(13)8-14/h3-8,11-12,18H,9-10H2,1-2H3. The first-order valence-electron chi connectivity index (χ1n) is 6.80. The van der Waals surface area contributed by atoms with Crippen LogP contribution in [0.2, 0.25) is 0 Å². The zero-order chi connectivity index (χ0) is 13.5. The Morgan fingerprint density at radius 2 is 1.95 bits per heavy atom. The quantitative estimate of drug-likeness (QED) is 0.854. The molecule has 0 spiro atoms. The smallest absolute Gasteiger partial charge is 0.0946 e. The van der Waals surface area contributed by atoms with Gasteiger partial charge in [0.1, 0.15) is 0 Å². The van der Waals surface area contributed by atoms with Gasteiger partial charge in [-0.3, -0.25) is 4.98 Å². The number of aliphatic hydroxyl groups is 1. The average Bonchev–Trinajstić information content (AvgIpc) is 2.36. The van der Waals surface area contributed by atoms with Gasteiger partial charge < -0.3 is 9.84 Å². The molecule has 3 nitrogen and oxygen atoms in total. The lowest BCUT2D eigenvalue weighted by Gasteiger charge is -2.39. The minimum Gasteiger partial charge on any atom is -0.385 e. The molecular formula is C16H19NO2. The summed E-state index contributed by atoms with van der Waals surface area (Å²) >= 11 is 0. The van der Waals surface area contributed by atoms with E-state index in [-0.39, 0.29) is 12.2 Å². The maximum atomic E-state index is 10.9. The van der Waals surface area contributed by atoms with Crippen LogP contribution in [0, 0.1) is 0 Å². The van der Waals surface area contributed by atoms with Gasteiger partial charge in [0.05, 0.1) is 23.3 Å². The summed E-state index contributed by atoms with van der Waals surface area (Å²) in [4.78, 5) is 4.36. The lowest BCUT2D eigenvalue weighted by atomic mass is 9.81. The first-order chi connectivity index (χ1) is 9.07. The highest BCUT2D eigenvalue weighted by Gasteiger charge is 2.38. The summed E-state index contributed by atoms with van der Waals surface area (Å²) in [5, 5.41) is 12.0. The Morgan fingerprint density at radius 3 is 2.68 bits per heavy atom. The van der Waals surface area contributed by atoms with Gasteiger partial charge in [0.15, 0.2) is 0 Å². The molecule has 0 aliphatic carbocycles. The van der Waals surface area contributed by atoms with Crippen LogP contribution in [0.5, 0.6) is 0 Å². The first kappa shape index (κ1) is 12.6. The molecule has 1 aromatic heterocycles. The second-order valence-electron chi connectivity index (χ2n) is 5.61. The van der Waals surface area contributed by atoms with Crippen LogP contribution in [0.4, 0.5) is 0 Å². The van der Waals surface area contributed by atoms with Crippen LogP contribution in [0.3, 0.4) is 0 Å². The molecule has 100 valence electrons. The second-order valence-corrected chi connectivity index (χ2v) is 5.61. The van der Waals surface area contributed by atoms with Crippen molar-refractivity contribution in [3.05, 3.63) is 42.1 Å². The van der Waals surface area contributed by atoms with Crippen molar-refractivity contribution in [2.75, 3.05) is 0 Å². The molecule has 2 unspecified atom stereocenters. The van der Waals surface area contributed by atoms with E-state index in [0.717, 1.165) is 16.5 Å². The molecule has 1 aliphatic heterocycles. The van der Waals surface area contributed by atoms with Crippen molar-refractivity contribution < 1.29 is 9.84 Å². The fraction of sp³-hybridized carbons (Fsp3) is 0.438. The number of hydrogen-bond acceptors (Lipinski definition) is 3. The molecule has 1 fully saturated rings. The Balaban J connectivity index is 2.02. The van der Waals surface area contributed by atoms with E-state index in [4.69, 9.17) is 4.74 Å². The molecule has 19 heavy (non-hydrogen) atoms. The van der Waals surface area contributed by atoms with Gasteiger partial charge >= 0.3 is 0 Å². The number of fused-ring (bicyclic) bond motifs is 1. The van der Waals surface area contributed by atoms with Gasteiger partial charge in [-0.25, -0.2) is 0 Å². The topological polar surface area (TPSA) is 42.4 Å². The Kier molecular flexibility index (Phi) is 3.03. The van der Waals surface area contributed by atoms with E-state index >= 15 is 0 Å². The van der Waals surface area contributed by atoms with E-state index in [1.54, 1.807) is 6.20 Å². The summed E-state index contributed by atoms with van der Waals surface area (Å²) in [7, 11) is 0. The Hall–Kier alpha value is -1.45. The monoisotopic (exact) mass is 257 g/mol. The summed E-state index contributed by atoms with van der Waals surface area (Å²) in [6.45, 7) is 4.03. The number of hydrogen-bond donors (Lipinski definition) is 1. The molecule has 1 N–H and O–H groups in total. The van der Waals surface area contributed by atoms with E-state index in [1.807, 2.05) is 44.2 Å². The summed E-state index contributed by atoms with van der Waals surface area (Å²) in [5.74, 6) is 0. The number of ether oxygens (including phenoxy) is 1. The van der Waals surface area contributed by atoms with E-state index in [0.29, 0.717) is 12.8 Å². The second kappa shape index (κ2) is 4.58. The number of pyridine rings is 1. The van der Waals surface area contributed by atoms with E-state index in [1.165, 1.54) is 0 Å². The molecule has 1 aliphatic rings. The summed E-state index contributed by atoms with van der Waals surface area (Å²) in [5.41, 5.74) is 1.07. The van der Waals surface area contributed by atoms with Gasteiger partial charge in [-0.1, -0.05) is 18.2 Å². The Labute approximate surface area is 113 Å². The van der Waals surface area contributed by atoms with Crippen LogP contribution < -0.4 is 0 Å². The third kappa shape index (κ3) is 2.36. The van der Waals surface area contributed by atoms with Gasteiger partial charge in [-0.15, -0.1) is 0 Å². The largest absolute Gasteiger partial charge is 0.385 e. The lowest BCUT2D eigenvalue weighted by molar-refractivity contribution is -0.135. The molecular weight excluding hydrogens is 238 g/mol. The van der Waals surface area contributed by atoms with Crippen molar-refractivity contribution in [1.29, 1.82) is 0 Å². The van der Waals surface area contributed by atoms with Gasteiger partial charge in [-0.05, 0) is 31.5 Å². The fourth-order valence-corrected chi connectivity index (χ4v) is 3.12. The van der Waals surface area contributed by atoms with Gasteiger partial charge in [0.2, 0.25) is 0 Å². The maximum Gasteiger partial charge on any atom is 0.0946 e. The third-order valence-corrected chi connectivity index (χ3v) is 3.86. The third-order valence-electron chi connectivity index (χ3n) is 3.86. The fourth-order valence-electron chi connectivity index (χ4n) is 3.12. The number of rotatable bonds is 1. The normalized spacial score (nSPS) is 31.5. The van der Waals surface area contributed by atoms with Crippen molar-refractivity contribution in [3.63, 3.8) is 0 Å². The van der Waals surface area contributed by atoms with Crippen molar-refractivity contribution in [3.8, 4) is 0 Å². The van der Waals surface area contributed by atoms with Crippen molar-refractivity contribution in [1.82, 2.24) is 4.98 Å². The van der Waals surface area contributed by atoms with Crippen LogP contribution >= 0.6 is 0 Å². The molecule has 0 saturated carbocycles. The van der Waals surface area contributed by atoms with Crippen LogP contribution in [0.1, 0.15) is 32.3 Å². The summed E-state index contributed by atoms with van der Waals surface area (Å²) in [6.07, 6.45) is 3.21. The highest BCUT2D eigenvalue weighted by molar-refractivity contribution is 5.79. The SMILES string of the molecule is CC1CC(O)(c2ccc3cccnc3c2)CC(C)O1. The Bertz CT molecular complexity index is 586. The lowest BCUT2D eigenvalue weighted by Crippen LogP contribution is -2.41. The molecule has 0 radical (unpaired) electrons. The Morgan fingerprint density at radius 1 is 1.21 bits per heavy atom. The molecule has 1 aromatic carbocycles. The van der Waals surface area contributed by atoms with E-state index in [9.17, 15) is 5.11 Å². The highest BCUT2D eigenvalue weighted by atomic mass is 16.5. The molecule has 2 atom stereocenters. The molecule has 2 aromatic rings. The van der Waals surface area contributed by atoms with Crippen LogP contribution in [0.25, 0.3) is 10.9 Å². The molecule has 2 heterocycles. The van der Waals surface area contributed by atoms with E-state index < -0.39 is 5.60 Å². The van der Waals surface area contributed by atoms with E-state index in [2.05, 4.69) is 4.98 Å². The zero-order valence-corrected chi connectivity index (χ0v) is 11.3. The van der Waals surface area contributed by atoms with Crippen LogP contribution in [0.15, 0.2) is 36.5 Å². The molecule has 1 saturated heterocycles. The summed E-state index contributed by atoms with van der Waals surface area (Å²) in [6, 6.07) is 10.00. The zero-order valence-electron chi connectivity index (χ0n) is 11.3. The van der Waals surface area contributed by atoms with Gasteiger partial charge in [-0.2, -0.15) is 0 Å². The molecule has 3 rings (SSSR count). The highest BCUT2D eigenvalue weighted by Crippen LogP contribution is 2.38. The molecule has 3 heteroatoms. The van der Waals surface area contributed by atoms with Gasteiger partial charge in [0, 0.05) is 24.4 Å². The van der Waals surface area contributed by atoms with Crippen molar-refractivity contribution in [2.45, 2.75) is 44.5 Å². The molecule has 0 bridgehead atoms. The van der Waals surface area contributed by atoms with Crippen LogP contribution in [-0.4, -0.2) is 22.3 Å². The molecule has 0 amide bonds. The minimum atomic E-state index is -0.803. The predicted octanol–water partition coefficient (Wildman–Crippen LogP) is 3.01. The van der Waals surface area contributed by atoms with Crippen LogP contribution in [-0.2, 0) is 10.3 Å². The number of benzene rings is 1. The predicted molar refractivity (Wildman–Crippen MR) is 74.9 cm³/mol.